The Labute approximate surface area is 166 Å². The number of guanidine groups is 1. The van der Waals surface area contributed by atoms with Gasteiger partial charge in [0.25, 0.3) is 0 Å². The second-order valence-electron chi connectivity index (χ2n) is 6.81. The Balaban J connectivity index is 1.29. The van der Waals surface area contributed by atoms with E-state index in [1.54, 1.807) is 11.3 Å². The van der Waals surface area contributed by atoms with Gasteiger partial charge >= 0.3 is 0 Å². The van der Waals surface area contributed by atoms with E-state index in [0.717, 1.165) is 44.8 Å². The Morgan fingerprint density at radius 2 is 1.96 bits per heavy atom. The average molecular weight is 387 g/mol. The molecule has 1 aromatic carbocycles. The van der Waals surface area contributed by atoms with Crippen molar-refractivity contribution in [2.75, 3.05) is 39.3 Å². The number of benzene rings is 1. The van der Waals surface area contributed by atoms with E-state index in [2.05, 4.69) is 57.0 Å². The summed E-state index contributed by atoms with van der Waals surface area (Å²) in [5, 5.41) is 5.27. The largest absolute Gasteiger partial charge is 0.492 e. The van der Waals surface area contributed by atoms with Crippen molar-refractivity contribution in [2.24, 2.45) is 10.7 Å². The second-order valence-corrected chi connectivity index (χ2v) is 7.85. The lowest BCUT2D eigenvalue weighted by Crippen LogP contribution is -2.33. The molecule has 2 aromatic rings. The van der Waals surface area contributed by atoms with Crippen LogP contribution in [0, 0.1) is 0 Å². The number of nitrogens with one attached hydrogen (secondary N) is 1. The molecule has 0 unspecified atom stereocenters. The molecule has 1 aromatic heterocycles. The zero-order valence-corrected chi connectivity index (χ0v) is 16.7. The van der Waals surface area contributed by atoms with Crippen LogP contribution in [-0.4, -0.2) is 50.2 Å². The van der Waals surface area contributed by atoms with E-state index in [-0.39, 0.29) is 0 Å². The maximum atomic E-state index is 5.93. The lowest BCUT2D eigenvalue weighted by molar-refractivity contribution is 0.238. The summed E-state index contributed by atoms with van der Waals surface area (Å²) in [6.45, 7) is 5.73. The Morgan fingerprint density at radius 1 is 1.15 bits per heavy atom. The van der Waals surface area contributed by atoms with Crippen LogP contribution in [0.2, 0.25) is 0 Å². The van der Waals surface area contributed by atoms with Crippen LogP contribution in [0.15, 0.2) is 46.8 Å². The minimum atomic E-state index is 0.522. The van der Waals surface area contributed by atoms with Crippen LogP contribution in [0.3, 0.4) is 0 Å². The van der Waals surface area contributed by atoms with Gasteiger partial charge in [0.2, 0.25) is 0 Å². The summed E-state index contributed by atoms with van der Waals surface area (Å²) in [6, 6.07) is 12.5. The Bertz CT molecular complexity index is 679. The van der Waals surface area contributed by atoms with Gasteiger partial charge in [0.15, 0.2) is 5.96 Å². The normalized spacial score (nSPS) is 15.2. The van der Waals surface area contributed by atoms with Crippen molar-refractivity contribution < 1.29 is 4.74 Å². The van der Waals surface area contributed by atoms with E-state index in [1.165, 1.54) is 36.4 Å². The molecule has 1 aliphatic heterocycles. The number of hydrogen-bond acceptors (Lipinski definition) is 4. The van der Waals surface area contributed by atoms with Gasteiger partial charge in [0.1, 0.15) is 12.4 Å². The van der Waals surface area contributed by atoms with Gasteiger partial charge in [-0.1, -0.05) is 18.2 Å². The fourth-order valence-electron chi connectivity index (χ4n) is 3.18. The Kier molecular flexibility index (Phi) is 7.99. The van der Waals surface area contributed by atoms with Crippen LogP contribution >= 0.6 is 11.3 Å². The van der Waals surface area contributed by atoms with Crippen LogP contribution in [0.1, 0.15) is 23.3 Å². The van der Waals surface area contributed by atoms with Crippen LogP contribution in [0.25, 0.3) is 0 Å². The first-order chi connectivity index (χ1) is 13.3. The number of rotatable bonds is 10. The predicted molar refractivity (Wildman–Crippen MR) is 114 cm³/mol. The van der Waals surface area contributed by atoms with E-state index in [0.29, 0.717) is 5.96 Å². The first-order valence-corrected chi connectivity index (χ1v) is 10.7. The number of ether oxygens (including phenoxy) is 1. The van der Waals surface area contributed by atoms with Gasteiger partial charge < -0.3 is 15.8 Å². The van der Waals surface area contributed by atoms with Gasteiger partial charge in [0, 0.05) is 30.9 Å². The summed E-state index contributed by atoms with van der Waals surface area (Å²) in [5.74, 6) is 1.47. The topological polar surface area (TPSA) is 62.9 Å². The zero-order valence-electron chi connectivity index (χ0n) is 15.9. The summed E-state index contributed by atoms with van der Waals surface area (Å²) in [7, 11) is 0. The fourth-order valence-corrected chi connectivity index (χ4v) is 3.88. The smallest absolute Gasteiger partial charge is 0.188 e. The van der Waals surface area contributed by atoms with Crippen LogP contribution < -0.4 is 15.8 Å². The molecule has 1 aliphatic rings. The van der Waals surface area contributed by atoms with Gasteiger partial charge in [-0.2, -0.15) is 0 Å². The first-order valence-electron chi connectivity index (χ1n) is 9.80. The van der Waals surface area contributed by atoms with Crippen molar-refractivity contribution in [1.82, 2.24) is 10.2 Å². The predicted octanol–water partition coefficient (Wildman–Crippen LogP) is 2.91. The molecule has 2 heterocycles. The summed E-state index contributed by atoms with van der Waals surface area (Å²) >= 11 is 1.76. The second kappa shape index (κ2) is 10.9. The number of aliphatic imine (C=N–C) groups is 1. The highest BCUT2D eigenvalue weighted by Gasteiger charge is 2.10. The standard InChI is InChI=1S/C21H30N4OS/c22-21(24-12-10-20-4-3-17-27-20)23-11-9-18-5-7-19(8-6-18)26-16-15-25-13-1-2-14-25/h3-8,17H,1-2,9-16H2,(H3,22,23,24). The molecule has 0 saturated carbocycles. The molecule has 0 radical (unpaired) electrons. The molecule has 3 N–H and O–H groups in total. The molecule has 5 nitrogen and oxygen atoms in total. The third kappa shape index (κ3) is 7.23. The maximum absolute atomic E-state index is 5.93. The first kappa shape index (κ1) is 19.7. The van der Waals surface area contributed by atoms with Crippen LogP contribution in [0.4, 0.5) is 0 Å². The minimum absolute atomic E-state index is 0.522. The molecule has 6 heteroatoms. The van der Waals surface area contributed by atoms with E-state index in [4.69, 9.17) is 10.5 Å². The molecule has 1 fully saturated rings. The third-order valence-corrected chi connectivity index (χ3v) is 5.67. The Morgan fingerprint density at radius 3 is 2.70 bits per heavy atom. The lowest BCUT2D eigenvalue weighted by atomic mass is 10.1. The molecule has 3 rings (SSSR count). The number of hydrogen-bond donors (Lipinski definition) is 2. The van der Waals surface area contributed by atoms with E-state index in [1.807, 2.05) is 0 Å². The van der Waals surface area contributed by atoms with Gasteiger partial charge in [-0.15, -0.1) is 11.3 Å². The van der Waals surface area contributed by atoms with E-state index >= 15 is 0 Å². The summed E-state index contributed by atoms with van der Waals surface area (Å²) in [6.07, 6.45) is 4.51. The van der Waals surface area contributed by atoms with E-state index < -0.39 is 0 Å². The SMILES string of the molecule is NC(=NCCc1cccs1)NCCc1ccc(OCCN2CCCC2)cc1. The van der Waals surface area contributed by atoms with Gasteiger partial charge in [-0.25, -0.2) is 0 Å². The molecule has 27 heavy (non-hydrogen) atoms. The van der Waals surface area contributed by atoms with Crippen molar-refractivity contribution in [3.63, 3.8) is 0 Å². The number of nitrogens with zero attached hydrogens (tertiary/aromatic N) is 2. The molecule has 0 spiro atoms. The Hall–Kier alpha value is -2.05. The molecule has 0 bridgehead atoms. The highest BCUT2D eigenvalue weighted by molar-refractivity contribution is 7.09. The third-order valence-electron chi connectivity index (χ3n) is 4.74. The molecular formula is C21H30N4OS. The van der Waals surface area contributed by atoms with Crippen molar-refractivity contribution in [2.45, 2.75) is 25.7 Å². The zero-order chi connectivity index (χ0) is 18.7. The van der Waals surface area contributed by atoms with Crippen molar-refractivity contribution in [1.29, 1.82) is 0 Å². The minimum Gasteiger partial charge on any atom is -0.492 e. The van der Waals surface area contributed by atoms with Gasteiger partial charge in [-0.3, -0.25) is 9.89 Å². The molecule has 0 aliphatic carbocycles. The van der Waals surface area contributed by atoms with Crippen LogP contribution in [0.5, 0.6) is 5.75 Å². The van der Waals surface area contributed by atoms with Crippen LogP contribution in [-0.2, 0) is 12.8 Å². The highest BCUT2D eigenvalue weighted by atomic mass is 32.1. The fraction of sp³-hybridized carbons (Fsp3) is 0.476. The number of nitrogens with two attached hydrogens (primary N) is 1. The number of thiophene rings is 1. The maximum Gasteiger partial charge on any atom is 0.188 e. The number of likely N-dealkylation sites (tertiary alicyclic amines) is 1. The van der Waals surface area contributed by atoms with E-state index in [9.17, 15) is 0 Å². The van der Waals surface area contributed by atoms with Gasteiger partial charge in [-0.05, 0) is 61.5 Å². The molecule has 0 amide bonds. The van der Waals surface area contributed by atoms with Crippen molar-refractivity contribution in [3.05, 3.63) is 52.2 Å². The van der Waals surface area contributed by atoms with Gasteiger partial charge in [0.05, 0.1) is 0 Å². The summed E-state index contributed by atoms with van der Waals surface area (Å²) in [5.41, 5.74) is 7.19. The quantitative estimate of drug-likeness (QED) is 0.487. The average Bonchev–Trinajstić information content (AvgIpc) is 3.37. The molecular weight excluding hydrogens is 356 g/mol. The molecule has 146 valence electrons. The summed E-state index contributed by atoms with van der Waals surface area (Å²) in [4.78, 5) is 8.18. The monoisotopic (exact) mass is 386 g/mol. The van der Waals surface area contributed by atoms with Crippen molar-refractivity contribution >= 4 is 17.3 Å². The highest BCUT2D eigenvalue weighted by Crippen LogP contribution is 2.13. The van der Waals surface area contributed by atoms with Crippen molar-refractivity contribution in [3.8, 4) is 5.75 Å². The molecule has 1 saturated heterocycles. The lowest BCUT2D eigenvalue weighted by Gasteiger charge is -2.15. The summed E-state index contributed by atoms with van der Waals surface area (Å²) < 4.78 is 5.84. The molecule has 0 atom stereocenters.